The molecule has 126 valence electrons. The first-order valence-corrected chi connectivity index (χ1v) is 7.97. The highest BCUT2D eigenvalue weighted by atomic mass is 16.5. The summed E-state index contributed by atoms with van der Waals surface area (Å²) in [5.74, 6) is 1.62. The molecule has 2 aromatic carbocycles. The molecule has 0 aliphatic heterocycles. The van der Waals surface area contributed by atoms with Gasteiger partial charge in [0.2, 0.25) is 0 Å². The number of anilines is 2. The van der Waals surface area contributed by atoms with Crippen LogP contribution in [0.2, 0.25) is 0 Å². The van der Waals surface area contributed by atoms with Gasteiger partial charge in [-0.15, -0.1) is 0 Å². The molecule has 0 bridgehead atoms. The summed E-state index contributed by atoms with van der Waals surface area (Å²) in [6, 6.07) is 11.9. The van der Waals surface area contributed by atoms with E-state index in [9.17, 15) is 0 Å². The van der Waals surface area contributed by atoms with Crippen LogP contribution in [-0.2, 0) is 0 Å². The van der Waals surface area contributed by atoms with Crippen molar-refractivity contribution in [2.75, 3.05) is 12.4 Å². The van der Waals surface area contributed by atoms with Crippen LogP contribution in [-0.4, -0.2) is 22.2 Å². The van der Waals surface area contributed by atoms with E-state index in [-0.39, 0.29) is 0 Å². The number of benzene rings is 2. The Morgan fingerprint density at radius 1 is 1.12 bits per heavy atom. The minimum absolute atomic E-state index is 0.798. The van der Waals surface area contributed by atoms with Crippen LogP contribution in [0.15, 0.2) is 47.2 Å². The van der Waals surface area contributed by atoms with E-state index in [0.717, 1.165) is 50.7 Å². The highest BCUT2D eigenvalue weighted by Gasteiger charge is 2.15. The topological polar surface area (TPSA) is 76.0 Å². The van der Waals surface area contributed by atoms with Crippen LogP contribution < -0.4 is 10.1 Å². The molecule has 2 heterocycles. The molecule has 4 rings (SSSR count). The molecule has 0 aliphatic carbocycles. The Balaban J connectivity index is 1.80. The Morgan fingerprint density at radius 2 is 1.92 bits per heavy atom. The number of ether oxygens (including phenoxy) is 1. The lowest BCUT2D eigenvalue weighted by Gasteiger charge is -2.10. The smallest absolute Gasteiger partial charge is 0.141 e. The van der Waals surface area contributed by atoms with Crippen molar-refractivity contribution in [3.8, 4) is 16.9 Å². The molecule has 0 saturated carbocycles. The second kappa shape index (κ2) is 5.98. The summed E-state index contributed by atoms with van der Waals surface area (Å²) in [4.78, 5) is 7.62. The van der Waals surface area contributed by atoms with Gasteiger partial charge in [-0.3, -0.25) is 0 Å². The molecule has 0 radical (unpaired) electrons. The van der Waals surface area contributed by atoms with Crippen LogP contribution >= 0.6 is 0 Å². The van der Waals surface area contributed by atoms with Crippen molar-refractivity contribution in [3.05, 3.63) is 54.2 Å². The Labute approximate surface area is 144 Å². The molecular weight excluding hydrogens is 316 g/mol. The summed E-state index contributed by atoms with van der Waals surface area (Å²) in [6.45, 7) is 3.86. The quantitative estimate of drug-likeness (QED) is 0.571. The normalized spacial score (nSPS) is 11.0. The van der Waals surface area contributed by atoms with Gasteiger partial charge >= 0.3 is 0 Å². The fourth-order valence-corrected chi connectivity index (χ4v) is 3.01. The van der Waals surface area contributed by atoms with Crippen LogP contribution in [0.25, 0.3) is 22.2 Å². The third-order valence-corrected chi connectivity index (χ3v) is 4.21. The van der Waals surface area contributed by atoms with Crippen LogP contribution in [0.1, 0.15) is 11.5 Å². The third kappa shape index (κ3) is 2.71. The molecule has 0 atom stereocenters. The van der Waals surface area contributed by atoms with Crippen molar-refractivity contribution in [3.63, 3.8) is 0 Å². The molecule has 25 heavy (non-hydrogen) atoms. The number of nitrogens with zero attached hydrogens (tertiary/aromatic N) is 2. The van der Waals surface area contributed by atoms with Gasteiger partial charge in [-0.1, -0.05) is 5.16 Å². The third-order valence-electron chi connectivity index (χ3n) is 4.21. The number of hydrogen-bond acceptors (Lipinski definition) is 5. The Kier molecular flexibility index (Phi) is 3.65. The number of aromatic nitrogens is 3. The van der Waals surface area contributed by atoms with Gasteiger partial charge in [0.1, 0.15) is 17.0 Å². The number of methoxy groups -OCH3 is 1. The summed E-state index contributed by atoms with van der Waals surface area (Å²) in [5, 5.41) is 7.49. The van der Waals surface area contributed by atoms with Crippen LogP contribution in [0.4, 0.5) is 11.4 Å². The monoisotopic (exact) mass is 334 g/mol. The first kappa shape index (κ1) is 15.3. The Hall–Kier alpha value is -3.28. The maximum absolute atomic E-state index is 5.32. The summed E-state index contributed by atoms with van der Waals surface area (Å²) in [5.41, 5.74) is 6.62. The summed E-state index contributed by atoms with van der Waals surface area (Å²) in [7, 11) is 1.66. The number of fused-ring (bicyclic) bond motifs is 1. The van der Waals surface area contributed by atoms with Crippen LogP contribution in [0.5, 0.6) is 5.75 Å². The predicted molar refractivity (Wildman–Crippen MR) is 97.3 cm³/mol. The number of hydrogen-bond donors (Lipinski definition) is 2. The van der Waals surface area contributed by atoms with E-state index in [4.69, 9.17) is 9.26 Å². The molecule has 2 aromatic heterocycles. The zero-order valence-corrected chi connectivity index (χ0v) is 14.3. The number of aryl methyl sites for hydroxylation is 2. The summed E-state index contributed by atoms with van der Waals surface area (Å²) < 4.78 is 10.5. The number of nitrogens with one attached hydrogen (secondary N) is 2. The predicted octanol–water partition coefficient (Wildman–Crippen LogP) is 4.59. The van der Waals surface area contributed by atoms with E-state index in [1.54, 1.807) is 13.4 Å². The largest absolute Gasteiger partial charge is 0.497 e. The van der Waals surface area contributed by atoms with Gasteiger partial charge in [0.15, 0.2) is 0 Å². The molecule has 2 N–H and O–H groups in total. The zero-order chi connectivity index (χ0) is 17.4. The van der Waals surface area contributed by atoms with E-state index in [1.807, 2.05) is 38.1 Å². The Bertz CT molecular complexity index is 1010. The van der Waals surface area contributed by atoms with Gasteiger partial charge in [0.25, 0.3) is 0 Å². The van der Waals surface area contributed by atoms with Crippen molar-refractivity contribution in [1.82, 2.24) is 15.1 Å². The average Bonchev–Trinajstić information content (AvgIpc) is 3.22. The van der Waals surface area contributed by atoms with E-state index in [0.29, 0.717) is 0 Å². The van der Waals surface area contributed by atoms with Gasteiger partial charge in [-0.25, -0.2) is 4.98 Å². The van der Waals surface area contributed by atoms with Crippen molar-refractivity contribution >= 4 is 22.4 Å². The maximum Gasteiger partial charge on any atom is 0.141 e. The number of aromatic amines is 1. The lowest BCUT2D eigenvalue weighted by atomic mass is 10.0. The number of imidazole rings is 1. The molecule has 0 saturated heterocycles. The second-order valence-corrected chi connectivity index (χ2v) is 5.88. The zero-order valence-electron chi connectivity index (χ0n) is 14.3. The van der Waals surface area contributed by atoms with E-state index >= 15 is 0 Å². The molecule has 6 heteroatoms. The lowest BCUT2D eigenvalue weighted by Crippen LogP contribution is -1.94. The highest BCUT2D eigenvalue weighted by Crippen LogP contribution is 2.34. The summed E-state index contributed by atoms with van der Waals surface area (Å²) >= 11 is 0. The molecule has 0 unspecified atom stereocenters. The van der Waals surface area contributed by atoms with Crippen molar-refractivity contribution in [1.29, 1.82) is 0 Å². The second-order valence-electron chi connectivity index (χ2n) is 5.88. The molecule has 4 aromatic rings. The molecule has 0 aliphatic rings. The fraction of sp³-hybridized carbons (Fsp3) is 0.158. The van der Waals surface area contributed by atoms with Crippen molar-refractivity contribution in [2.24, 2.45) is 0 Å². The van der Waals surface area contributed by atoms with E-state index in [2.05, 4.69) is 32.6 Å². The molecule has 0 fully saturated rings. The fourth-order valence-electron chi connectivity index (χ4n) is 3.01. The van der Waals surface area contributed by atoms with Gasteiger partial charge < -0.3 is 19.6 Å². The van der Waals surface area contributed by atoms with E-state index < -0.39 is 0 Å². The van der Waals surface area contributed by atoms with Crippen LogP contribution in [0.3, 0.4) is 0 Å². The Morgan fingerprint density at radius 3 is 2.60 bits per heavy atom. The first-order chi connectivity index (χ1) is 12.2. The average molecular weight is 334 g/mol. The maximum atomic E-state index is 5.32. The minimum Gasteiger partial charge on any atom is -0.497 e. The van der Waals surface area contributed by atoms with E-state index in [1.165, 1.54) is 0 Å². The van der Waals surface area contributed by atoms with Crippen molar-refractivity contribution < 1.29 is 9.26 Å². The van der Waals surface area contributed by atoms with Gasteiger partial charge in [0.05, 0.1) is 30.3 Å². The molecular formula is C19H18N4O2. The van der Waals surface area contributed by atoms with Crippen molar-refractivity contribution in [2.45, 2.75) is 13.8 Å². The minimum atomic E-state index is 0.798. The standard InChI is InChI=1S/C19H18N4O2/c1-11-18(12(2)25-23-11)13-8-16-19(21-10-20-16)17(9-13)22-14-4-6-15(24-3)7-5-14/h4-10,22H,1-3H3,(H,20,21). The van der Waals surface area contributed by atoms with Gasteiger partial charge in [-0.2, -0.15) is 0 Å². The molecule has 0 spiro atoms. The molecule has 6 nitrogen and oxygen atoms in total. The highest BCUT2D eigenvalue weighted by molar-refractivity contribution is 5.95. The molecule has 0 amide bonds. The number of rotatable bonds is 4. The van der Waals surface area contributed by atoms with Gasteiger partial charge in [-0.05, 0) is 55.8 Å². The first-order valence-electron chi connectivity index (χ1n) is 7.97. The number of H-pyrrole nitrogens is 1. The van der Waals surface area contributed by atoms with Crippen LogP contribution in [0, 0.1) is 13.8 Å². The summed E-state index contributed by atoms with van der Waals surface area (Å²) in [6.07, 6.45) is 1.70. The SMILES string of the molecule is COc1ccc(Nc2cc(-c3c(C)noc3C)cc3[nH]cnc23)cc1. The lowest BCUT2D eigenvalue weighted by molar-refractivity contribution is 0.393. The van der Waals surface area contributed by atoms with Gasteiger partial charge in [0, 0.05) is 11.3 Å².